The zero-order chi connectivity index (χ0) is 22.0. The van der Waals surface area contributed by atoms with E-state index in [1.165, 1.54) is 18.9 Å². The molecule has 3 heterocycles. The number of nitrogens with one attached hydrogen (secondary N) is 1. The maximum Gasteiger partial charge on any atom is 0.373 e. The van der Waals surface area contributed by atoms with Crippen LogP contribution in [0.15, 0.2) is 56.5 Å². The minimum Gasteiger partial charge on any atom is -0.463 e. The van der Waals surface area contributed by atoms with Crippen LogP contribution in [0.1, 0.15) is 38.0 Å². The third-order valence-electron chi connectivity index (χ3n) is 4.67. The van der Waals surface area contributed by atoms with Crippen LogP contribution in [0.5, 0.6) is 0 Å². The summed E-state index contributed by atoms with van der Waals surface area (Å²) in [4.78, 5) is 33.3. The lowest BCUT2D eigenvalue weighted by Crippen LogP contribution is -2.13. The molecule has 0 aliphatic carbocycles. The molecule has 3 aromatic heterocycles. The van der Waals surface area contributed by atoms with Gasteiger partial charge in [0.2, 0.25) is 11.5 Å². The van der Waals surface area contributed by atoms with Gasteiger partial charge in [-0.2, -0.15) is 4.98 Å². The molecule has 0 bridgehead atoms. The molecule has 1 aromatic carbocycles. The number of hydrogen-bond donors (Lipinski definition) is 1. The Morgan fingerprint density at radius 3 is 2.58 bits per heavy atom. The van der Waals surface area contributed by atoms with Crippen molar-refractivity contribution in [3.05, 3.63) is 70.9 Å². The van der Waals surface area contributed by atoms with E-state index in [4.69, 9.17) is 8.83 Å². The Bertz CT molecular complexity index is 1260. The van der Waals surface area contributed by atoms with Crippen LogP contribution < -0.4 is 5.32 Å². The number of nitrogens with zero attached hydrogens (tertiary/aromatic N) is 2. The van der Waals surface area contributed by atoms with Gasteiger partial charge in [0.15, 0.2) is 5.16 Å². The zero-order valence-corrected chi connectivity index (χ0v) is 17.9. The third kappa shape index (κ3) is 4.31. The number of aryl methyl sites for hydroxylation is 2. The number of rotatable bonds is 6. The molecule has 0 fully saturated rings. The van der Waals surface area contributed by atoms with Crippen molar-refractivity contribution in [2.75, 3.05) is 12.4 Å². The standard InChI is InChI=1S/C22H19N3O5S/c1-12-13(2)29-20-17(12)18(23-19(26)14-7-5-4-6-8-14)24-22(25-20)31-11-15-9-10-16(30-15)21(27)28-3/h4-10H,11H2,1-3H3,(H,23,24,25,26). The summed E-state index contributed by atoms with van der Waals surface area (Å²) in [5.41, 5.74) is 1.78. The second kappa shape index (κ2) is 8.65. The first-order valence-electron chi connectivity index (χ1n) is 9.40. The van der Waals surface area contributed by atoms with Crippen LogP contribution in [0.4, 0.5) is 5.82 Å². The maximum atomic E-state index is 12.7. The van der Waals surface area contributed by atoms with E-state index >= 15 is 0 Å². The summed E-state index contributed by atoms with van der Waals surface area (Å²) in [6, 6.07) is 12.1. The Balaban J connectivity index is 1.61. The number of amides is 1. The molecular weight excluding hydrogens is 418 g/mol. The first kappa shape index (κ1) is 20.7. The summed E-state index contributed by atoms with van der Waals surface area (Å²) in [6.07, 6.45) is 0. The predicted octanol–water partition coefficient (Wildman–Crippen LogP) is 4.76. The second-order valence-corrected chi connectivity index (χ2v) is 7.63. The number of carbonyl (C=O) groups is 2. The molecule has 4 rings (SSSR count). The number of anilines is 1. The summed E-state index contributed by atoms with van der Waals surface area (Å²) in [7, 11) is 1.29. The molecule has 0 spiro atoms. The maximum absolute atomic E-state index is 12.7. The molecule has 0 radical (unpaired) electrons. The molecule has 0 aliphatic rings. The van der Waals surface area contributed by atoms with Gasteiger partial charge in [0.05, 0.1) is 18.2 Å². The predicted molar refractivity (Wildman–Crippen MR) is 115 cm³/mol. The number of furan rings is 2. The zero-order valence-electron chi connectivity index (χ0n) is 17.1. The van der Waals surface area contributed by atoms with Crippen LogP contribution in [0.25, 0.3) is 11.1 Å². The number of hydrogen-bond acceptors (Lipinski definition) is 8. The van der Waals surface area contributed by atoms with Gasteiger partial charge in [-0.3, -0.25) is 4.79 Å². The van der Waals surface area contributed by atoms with Crippen LogP contribution in [0.2, 0.25) is 0 Å². The quantitative estimate of drug-likeness (QED) is 0.261. The third-order valence-corrected chi connectivity index (χ3v) is 5.54. The van der Waals surface area contributed by atoms with Crippen molar-refractivity contribution in [2.45, 2.75) is 24.8 Å². The first-order chi connectivity index (χ1) is 15.0. The number of thioether (sulfide) groups is 1. The summed E-state index contributed by atoms with van der Waals surface area (Å²) < 4.78 is 15.9. The Labute approximate surface area is 182 Å². The SMILES string of the molecule is COC(=O)c1ccc(CSc2nc(NC(=O)c3ccccc3)c3c(C)c(C)oc3n2)o1. The van der Waals surface area contributed by atoms with Crippen molar-refractivity contribution in [2.24, 2.45) is 0 Å². The molecule has 4 aromatic rings. The van der Waals surface area contributed by atoms with E-state index in [-0.39, 0.29) is 11.7 Å². The molecule has 31 heavy (non-hydrogen) atoms. The summed E-state index contributed by atoms with van der Waals surface area (Å²) in [5.74, 6) is 1.34. The van der Waals surface area contributed by atoms with E-state index in [0.29, 0.717) is 44.9 Å². The van der Waals surface area contributed by atoms with Gasteiger partial charge in [-0.25, -0.2) is 9.78 Å². The Kier molecular flexibility index (Phi) is 5.77. The van der Waals surface area contributed by atoms with Crippen LogP contribution in [-0.2, 0) is 10.5 Å². The number of benzene rings is 1. The lowest BCUT2D eigenvalue weighted by atomic mass is 10.2. The number of ether oxygens (including phenoxy) is 1. The molecule has 0 aliphatic heterocycles. The lowest BCUT2D eigenvalue weighted by molar-refractivity contribution is 0.0563. The van der Waals surface area contributed by atoms with Crippen molar-refractivity contribution in [1.82, 2.24) is 9.97 Å². The van der Waals surface area contributed by atoms with Gasteiger partial charge >= 0.3 is 5.97 Å². The van der Waals surface area contributed by atoms with E-state index in [9.17, 15) is 9.59 Å². The topological polar surface area (TPSA) is 107 Å². The van der Waals surface area contributed by atoms with E-state index in [2.05, 4.69) is 20.0 Å². The normalized spacial score (nSPS) is 10.9. The van der Waals surface area contributed by atoms with Crippen LogP contribution in [0.3, 0.4) is 0 Å². The monoisotopic (exact) mass is 437 g/mol. The molecule has 0 saturated heterocycles. The molecule has 158 valence electrons. The minimum absolute atomic E-state index is 0.127. The summed E-state index contributed by atoms with van der Waals surface area (Å²) in [6.45, 7) is 3.73. The molecule has 8 nitrogen and oxygen atoms in total. The van der Waals surface area contributed by atoms with Gasteiger partial charge in [0.1, 0.15) is 17.3 Å². The van der Waals surface area contributed by atoms with Gasteiger partial charge in [-0.05, 0) is 38.1 Å². The molecule has 1 amide bonds. The van der Waals surface area contributed by atoms with Crippen molar-refractivity contribution in [1.29, 1.82) is 0 Å². The Morgan fingerprint density at radius 1 is 1.06 bits per heavy atom. The van der Waals surface area contributed by atoms with E-state index in [1.54, 1.807) is 36.4 Å². The molecule has 0 atom stereocenters. The number of carbonyl (C=O) groups excluding carboxylic acids is 2. The second-order valence-electron chi connectivity index (χ2n) is 6.68. The van der Waals surface area contributed by atoms with Crippen LogP contribution >= 0.6 is 11.8 Å². The van der Waals surface area contributed by atoms with E-state index in [1.807, 2.05) is 19.9 Å². The Hall–Kier alpha value is -3.59. The average Bonchev–Trinajstić information content (AvgIpc) is 3.37. The molecule has 0 saturated carbocycles. The molecule has 1 N–H and O–H groups in total. The van der Waals surface area contributed by atoms with Gasteiger partial charge in [0, 0.05) is 11.1 Å². The fourth-order valence-electron chi connectivity index (χ4n) is 2.96. The Morgan fingerprint density at radius 2 is 1.84 bits per heavy atom. The van der Waals surface area contributed by atoms with E-state index < -0.39 is 5.97 Å². The van der Waals surface area contributed by atoms with E-state index in [0.717, 1.165) is 5.56 Å². The number of fused-ring (bicyclic) bond motifs is 1. The van der Waals surface area contributed by atoms with Crippen molar-refractivity contribution < 1.29 is 23.2 Å². The molecule has 9 heteroatoms. The van der Waals surface area contributed by atoms with Crippen molar-refractivity contribution in [3.8, 4) is 0 Å². The minimum atomic E-state index is -0.540. The fraction of sp³-hybridized carbons (Fsp3) is 0.182. The van der Waals surface area contributed by atoms with Crippen LogP contribution in [-0.4, -0.2) is 29.0 Å². The van der Waals surface area contributed by atoms with Gasteiger partial charge in [-0.1, -0.05) is 30.0 Å². The largest absolute Gasteiger partial charge is 0.463 e. The highest BCUT2D eigenvalue weighted by molar-refractivity contribution is 7.98. The van der Waals surface area contributed by atoms with Crippen LogP contribution in [0, 0.1) is 13.8 Å². The number of methoxy groups -OCH3 is 1. The molecule has 0 unspecified atom stereocenters. The average molecular weight is 437 g/mol. The first-order valence-corrected chi connectivity index (χ1v) is 10.4. The van der Waals surface area contributed by atoms with Gasteiger partial charge in [0.25, 0.3) is 5.91 Å². The highest BCUT2D eigenvalue weighted by atomic mass is 32.2. The number of esters is 1. The van der Waals surface area contributed by atoms with Gasteiger partial charge < -0.3 is 18.9 Å². The highest BCUT2D eigenvalue weighted by Gasteiger charge is 2.19. The lowest BCUT2D eigenvalue weighted by Gasteiger charge is -2.08. The van der Waals surface area contributed by atoms with Gasteiger partial charge in [-0.15, -0.1) is 0 Å². The summed E-state index contributed by atoms with van der Waals surface area (Å²) in [5, 5.41) is 3.94. The molecular formula is C22H19N3O5S. The summed E-state index contributed by atoms with van der Waals surface area (Å²) >= 11 is 1.29. The fourth-order valence-corrected chi connectivity index (χ4v) is 3.69. The number of aromatic nitrogens is 2. The van der Waals surface area contributed by atoms with Crippen molar-refractivity contribution in [3.63, 3.8) is 0 Å². The highest BCUT2D eigenvalue weighted by Crippen LogP contribution is 2.32. The smallest absolute Gasteiger partial charge is 0.373 e. The van der Waals surface area contributed by atoms with Crippen molar-refractivity contribution >= 4 is 40.6 Å².